The summed E-state index contributed by atoms with van der Waals surface area (Å²) in [6, 6.07) is 3.40. The zero-order valence-electron chi connectivity index (χ0n) is 12.4. The number of carbonyl (C=O) groups is 1. The number of hydrogen-bond donors (Lipinski definition) is 2. The lowest BCUT2D eigenvalue weighted by atomic mass is 9.96. The third kappa shape index (κ3) is 3.50. The molecular weight excluding hydrogens is 320 g/mol. The van der Waals surface area contributed by atoms with Crippen molar-refractivity contribution in [2.24, 2.45) is 0 Å². The van der Waals surface area contributed by atoms with Gasteiger partial charge in [-0.3, -0.25) is 4.79 Å². The van der Waals surface area contributed by atoms with E-state index in [1.54, 1.807) is 0 Å². The van der Waals surface area contributed by atoms with Crippen LogP contribution < -0.4 is 11.1 Å². The number of nitrogens with two attached hydrogens (primary N) is 1. The molecule has 1 aliphatic carbocycles. The van der Waals surface area contributed by atoms with E-state index in [2.05, 4.69) is 10.3 Å². The molecular formula is C16H17F2N3OS. The number of rotatable bonds is 4. The quantitative estimate of drug-likeness (QED) is 0.828. The molecule has 0 amide bonds. The van der Waals surface area contributed by atoms with Gasteiger partial charge in [-0.05, 0) is 31.0 Å². The van der Waals surface area contributed by atoms with Crippen LogP contribution in [0.3, 0.4) is 0 Å². The molecule has 0 aliphatic heterocycles. The van der Waals surface area contributed by atoms with Gasteiger partial charge in [0.2, 0.25) is 5.78 Å². The van der Waals surface area contributed by atoms with Crippen molar-refractivity contribution in [1.82, 2.24) is 4.98 Å². The van der Waals surface area contributed by atoms with Crippen LogP contribution in [0.1, 0.15) is 47.3 Å². The van der Waals surface area contributed by atoms with Crippen molar-refractivity contribution in [1.29, 1.82) is 0 Å². The SMILES string of the molecule is Nc1nc(NC2CCCCC2)sc1C(=O)c1ccc(F)c(F)c1. The summed E-state index contributed by atoms with van der Waals surface area (Å²) < 4.78 is 26.3. The van der Waals surface area contributed by atoms with E-state index in [0.717, 1.165) is 36.3 Å². The molecule has 3 N–H and O–H groups in total. The van der Waals surface area contributed by atoms with Gasteiger partial charge in [0, 0.05) is 11.6 Å². The van der Waals surface area contributed by atoms with Crippen molar-refractivity contribution >= 4 is 28.1 Å². The van der Waals surface area contributed by atoms with Gasteiger partial charge in [-0.15, -0.1) is 0 Å². The summed E-state index contributed by atoms with van der Waals surface area (Å²) in [6.07, 6.45) is 5.76. The predicted octanol–water partition coefficient (Wildman–Crippen LogP) is 3.98. The number of hydrogen-bond acceptors (Lipinski definition) is 5. The van der Waals surface area contributed by atoms with Crippen molar-refractivity contribution in [3.05, 3.63) is 40.3 Å². The second-order valence-corrected chi connectivity index (χ2v) is 6.67. The zero-order chi connectivity index (χ0) is 16.4. The molecule has 3 rings (SSSR count). The molecule has 1 aromatic carbocycles. The first kappa shape index (κ1) is 15.9. The van der Waals surface area contributed by atoms with E-state index in [1.165, 1.54) is 25.3 Å². The van der Waals surface area contributed by atoms with Gasteiger partial charge in [-0.1, -0.05) is 30.6 Å². The van der Waals surface area contributed by atoms with Crippen LogP contribution in [0, 0.1) is 11.6 Å². The number of carbonyl (C=O) groups excluding carboxylic acids is 1. The van der Waals surface area contributed by atoms with Crippen LogP contribution in [0.5, 0.6) is 0 Å². The van der Waals surface area contributed by atoms with Crippen molar-refractivity contribution in [2.45, 2.75) is 38.1 Å². The molecule has 1 aromatic heterocycles. The summed E-state index contributed by atoms with van der Waals surface area (Å²) in [7, 11) is 0. The number of anilines is 2. The number of benzene rings is 1. The molecule has 0 spiro atoms. The van der Waals surface area contributed by atoms with Crippen molar-refractivity contribution in [3.63, 3.8) is 0 Å². The highest BCUT2D eigenvalue weighted by Gasteiger charge is 2.21. The fraction of sp³-hybridized carbons (Fsp3) is 0.375. The molecule has 1 saturated carbocycles. The molecule has 0 unspecified atom stereocenters. The van der Waals surface area contributed by atoms with E-state index in [9.17, 15) is 13.6 Å². The maximum absolute atomic E-state index is 13.3. The van der Waals surface area contributed by atoms with Gasteiger partial charge in [-0.2, -0.15) is 0 Å². The number of ketones is 1. The second kappa shape index (κ2) is 6.62. The Hall–Kier alpha value is -2.02. The Kier molecular flexibility index (Phi) is 4.56. The summed E-state index contributed by atoms with van der Waals surface area (Å²) in [5.41, 5.74) is 5.88. The molecule has 2 aromatic rings. The minimum absolute atomic E-state index is 0.0588. The van der Waals surface area contributed by atoms with Gasteiger partial charge < -0.3 is 11.1 Å². The number of nitrogens with one attached hydrogen (secondary N) is 1. The van der Waals surface area contributed by atoms with E-state index in [0.29, 0.717) is 11.2 Å². The average molecular weight is 337 g/mol. The Morgan fingerprint density at radius 3 is 2.65 bits per heavy atom. The van der Waals surface area contributed by atoms with Gasteiger partial charge in [0.05, 0.1) is 0 Å². The average Bonchev–Trinajstić information content (AvgIpc) is 2.90. The fourth-order valence-electron chi connectivity index (χ4n) is 2.75. The molecule has 122 valence electrons. The monoisotopic (exact) mass is 337 g/mol. The molecule has 0 bridgehead atoms. The Morgan fingerprint density at radius 2 is 1.96 bits per heavy atom. The Labute approximate surface area is 136 Å². The van der Waals surface area contributed by atoms with Crippen LogP contribution in [0.25, 0.3) is 0 Å². The third-order valence-electron chi connectivity index (χ3n) is 3.97. The number of nitrogen functional groups attached to an aromatic ring is 1. The van der Waals surface area contributed by atoms with E-state index >= 15 is 0 Å². The van der Waals surface area contributed by atoms with Crippen LogP contribution in [-0.4, -0.2) is 16.8 Å². The van der Waals surface area contributed by atoms with E-state index in [4.69, 9.17) is 5.73 Å². The molecule has 1 fully saturated rings. The topological polar surface area (TPSA) is 68.0 Å². The van der Waals surface area contributed by atoms with Gasteiger partial charge in [0.1, 0.15) is 10.7 Å². The first-order valence-electron chi connectivity index (χ1n) is 7.57. The molecule has 23 heavy (non-hydrogen) atoms. The zero-order valence-corrected chi connectivity index (χ0v) is 13.3. The van der Waals surface area contributed by atoms with E-state index < -0.39 is 17.4 Å². The Balaban J connectivity index is 1.79. The van der Waals surface area contributed by atoms with Crippen molar-refractivity contribution in [2.75, 3.05) is 11.1 Å². The van der Waals surface area contributed by atoms with Crippen LogP contribution in [0.4, 0.5) is 19.7 Å². The molecule has 0 radical (unpaired) electrons. The Morgan fingerprint density at radius 1 is 1.22 bits per heavy atom. The summed E-state index contributed by atoms with van der Waals surface area (Å²) in [5, 5.41) is 3.91. The lowest BCUT2D eigenvalue weighted by molar-refractivity contribution is 0.104. The summed E-state index contributed by atoms with van der Waals surface area (Å²) in [4.78, 5) is 16.8. The van der Waals surface area contributed by atoms with Gasteiger partial charge in [0.25, 0.3) is 0 Å². The lowest BCUT2D eigenvalue weighted by Crippen LogP contribution is -2.22. The minimum Gasteiger partial charge on any atom is -0.382 e. The molecule has 1 heterocycles. The normalized spacial score (nSPS) is 15.6. The van der Waals surface area contributed by atoms with Crippen LogP contribution in [0.2, 0.25) is 0 Å². The Bertz CT molecular complexity index is 726. The number of halogens is 2. The summed E-state index contributed by atoms with van der Waals surface area (Å²) >= 11 is 1.15. The van der Waals surface area contributed by atoms with E-state index in [1.807, 2.05) is 0 Å². The minimum atomic E-state index is -1.06. The maximum Gasteiger partial charge on any atom is 0.206 e. The van der Waals surface area contributed by atoms with Crippen molar-refractivity contribution in [3.8, 4) is 0 Å². The molecule has 0 saturated heterocycles. The standard InChI is InChI=1S/C16H17F2N3OS/c17-11-7-6-9(8-12(11)18)13(22)14-15(19)21-16(23-14)20-10-4-2-1-3-5-10/h6-8,10H,1-5,19H2,(H,20,21). The van der Waals surface area contributed by atoms with Crippen molar-refractivity contribution < 1.29 is 13.6 Å². The highest BCUT2D eigenvalue weighted by Crippen LogP contribution is 2.30. The number of nitrogens with zero attached hydrogens (tertiary/aromatic N) is 1. The van der Waals surface area contributed by atoms with E-state index in [-0.39, 0.29) is 16.3 Å². The second-order valence-electron chi connectivity index (χ2n) is 5.67. The van der Waals surface area contributed by atoms with Crippen LogP contribution in [-0.2, 0) is 0 Å². The molecule has 4 nitrogen and oxygen atoms in total. The summed E-state index contributed by atoms with van der Waals surface area (Å²) in [5.74, 6) is -2.38. The summed E-state index contributed by atoms with van der Waals surface area (Å²) in [6.45, 7) is 0. The highest BCUT2D eigenvalue weighted by atomic mass is 32.1. The van der Waals surface area contributed by atoms with Crippen LogP contribution >= 0.6 is 11.3 Å². The van der Waals surface area contributed by atoms with Gasteiger partial charge in [-0.25, -0.2) is 13.8 Å². The third-order valence-corrected chi connectivity index (χ3v) is 4.98. The molecule has 1 aliphatic rings. The maximum atomic E-state index is 13.3. The first-order chi connectivity index (χ1) is 11.0. The van der Waals surface area contributed by atoms with Gasteiger partial charge in [0.15, 0.2) is 16.8 Å². The first-order valence-corrected chi connectivity index (χ1v) is 8.39. The molecule has 0 atom stereocenters. The molecule has 7 heteroatoms. The van der Waals surface area contributed by atoms with Gasteiger partial charge >= 0.3 is 0 Å². The lowest BCUT2D eigenvalue weighted by Gasteiger charge is -2.22. The number of aromatic nitrogens is 1. The predicted molar refractivity (Wildman–Crippen MR) is 86.8 cm³/mol. The largest absolute Gasteiger partial charge is 0.382 e. The highest BCUT2D eigenvalue weighted by molar-refractivity contribution is 7.18. The smallest absolute Gasteiger partial charge is 0.206 e. The number of thiazole rings is 1. The fourth-order valence-corrected chi connectivity index (χ4v) is 3.67. The van der Waals surface area contributed by atoms with Crippen LogP contribution in [0.15, 0.2) is 18.2 Å².